The summed E-state index contributed by atoms with van der Waals surface area (Å²) in [7, 11) is 1.87. The summed E-state index contributed by atoms with van der Waals surface area (Å²) < 4.78 is 0. The van der Waals surface area contributed by atoms with E-state index in [9.17, 15) is 9.90 Å². The molecule has 0 bridgehead atoms. The average Bonchev–Trinajstić information content (AvgIpc) is 2.55. The Labute approximate surface area is 131 Å². The topological polar surface area (TPSA) is 52.6 Å². The first-order valence-electron chi connectivity index (χ1n) is 7.30. The van der Waals surface area contributed by atoms with Gasteiger partial charge in [0.15, 0.2) is 0 Å². The molecule has 0 aliphatic rings. The van der Waals surface area contributed by atoms with Gasteiger partial charge in [-0.1, -0.05) is 48.5 Å². The van der Waals surface area contributed by atoms with Crippen LogP contribution in [0.5, 0.6) is 0 Å². The first-order valence-corrected chi connectivity index (χ1v) is 7.30. The summed E-state index contributed by atoms with van der Waals surface area (Å²) in [6.45, 7) is 2.12. The minimum atomic E-state index is -1.08. The second-order valence-corrected chi connectivity index (χ2v) is 5.61. The third-order valence-electron chi connectivity index (χ3n) is 3.60. The van der Waals surface area contributed by atoms with Crippen molar-refractivity contribution >= 4 is 11.6 Å². The Morgan fingerprint density at radius 2 is 1.64 bits per heavy atom. The number of hydrogen-bond acceptors (Lipinski definition) is 3. The van der Waals surface area contributed by atoms with Gasteiger partial charge < -0.3 is 15.3 Å². The molecule has 22 heavy (non-hydrogen) atoms. The summed E-state index contributed by atoms with van der Waals surface area (Å²) in [5, 5.41) is 13.2. The van der Waals surface area contributed by atoms with Gasteiger partial charge in [-0.05, 0) is 24.6 Å². The molecule has 0 aromatic heterocycles. The monoisotopic (exact) mass is 298 g/mol. The van der Waals surface area contributed by atoms with Gasteiger partial charge in [0, 0.05) is 12.7 Å². The Hall–Kier alpha value is -2.33. The lowest BCUT2D eigenvalue weighted by Gasteiger charge is -2.25. The fourth-order valence-electron chi connectivity index (χ4n) is 2.22. The number of para-hydroxylation sites is 1. The molecule has 0 spiro atoms. The lowest BCUT2D eigenvalue weighted by molar-refractivity contribution is -0.120. The van der Waals surface area contributed by atoms with Crippen LogP contribution in [0.3, 0.4) is 0 Å². The van der Waals surface area contributed by atoms with Gasteiger partial charge >= 0.3 is 0 Å². The summed E-state index contributed by atoms with van der Waals surface area (Å²) >= 11 is 0. The Bertz CT molecular complexity index is 597. The average molecular weight is 298 g/mol. The van der Waals surface area contributed by atoms with Gasteiger partial charge in [-0.15, -0.1) is 0 Å². The van der Waals surface area contributed by atoms with Crippen molar-refractivity contribution in [3.05, 3.63) is 66.2 Å². The second kappa shape index (κ2) is 7.09. The number of likely N-dealkylation sites (N-methyl/N-ethyl adjacent to an activating group) is 1. The molecule has 1 atom stereocenters. The molecule has 0 aliphatic heterocycles. The number of aliphatic hydroxyl groups is 1. The highest BCUT2D eigenvalue weighted by Gasteiger charge is 2.23. The largest absolute Gasteiger partial charge is 0.384 e. The predicted octanol–water partition coefficient (Wildman–Crippen LogP) is 2.15. The van der Waals surface area contributed by atoms with Crippen LogP contribution in [0.25, 0.3) is 0 Å². The van der Waals surface area contributed by atoms with Gasteiger partial charge in [0.1, 0.15) is 5.60 Å². The number of carbonyl (C=O) groups excluding carboxylic acids is 1. The molecule has 4 nitrogen and oxygen atoms in total. The summed E-state index contributed by atoms with van der Waals surface area (Å²) in [5.74, 6) is -0.123. The van der Waals surface area contributed by atoms with Crippen LogP contribution in [0.4, 0.5) is 5.69 Å². The van der Waals surface area contributed by atoms with Crippen molar-refractivity contribution in [2.24, 2.45) is 0 Å². The van der Waals surface area contributed by atoms with E-state index in [1.165, 1.54) is 0 Å². The van der Waals surface area contributed by atoms with Gasteiger partial charge in [0.05, 0.1) is 13.1 Å². The van der Waals surface area contributed by atoms with Crippen LogP contribution in [-0.4, -0.2) is 31.2 Å². The molecule has 0 fully saturated rings. The predicted molar refractivity (Wildman–Crippen MR) is 88.7 cm³/mol. The molecule has 0 saturated carbocycles. The number of amides is 1. The molecule has 0 heterocycles. The Morgan fingerprint density at radius 1 is 1.09 bits per heavy atom. The normalized spacial score (nSPS) is 13.2. The van der Waals surface area contributed by atoms with Crippen LogP contribution in [0, 0.1) is 0 Å². The Kier molecular flexibility index (Phi) is 5.17. The van der Waals surface area contributed by atoms with E-state index in [2.05, 4.69) is 5.32 Å². The molecule has 2 N–H and O–H groups in total. The quantitative estimate of drug-likeness (QED) is 0.859. The smallest absolute Gasteiger partial charge is 0.239 e. The van der Waals surface area contributed by atoms with Crippen molar-refractivity contribution in [3.63, 3.8) is 0 Å². The van der Waals surface area contributed by atoms with Crippen LogP contribution in [0.15, 0.2) is 60.7 Å². The number of hydrogen-bond donors (Lipinski definition) is 2. The molecule has 0 aliphatic carbocycles. The maximum atomic E-state index is 12.0. The lowest BCUT2D eigenvalue weighted by Crippen LogP contribution is -2.42. The van der Waals surface area contributed by atoms with Crippen LogP contribution < -0.4 is 10.2 Å². The molecule has 2 aromatic carbocycles. The highest BCUT2D eigenvalue weighted by Crippen LogP contribution is 2.19. The van der Waals surface area contributed by atoms with Crippen molar-refractivity contribution in [1.82, 2.24) is 5.32 Å². The number of nitrogens with one attached hydrogen (secondary N) is 1. The summed E-state index contributed by atoms with van der Waals surface area (Å²) in [4.78, 5) is 13.9. The molecule has 2 rings (SSSR count). The number of nitrogens with zero attached hydrogens (tertiary/aromatic N) is 1. The zero-order chi connectivity index (χ0) is 16.0. The zero-order valence-corrected chi connectivity index (χ0v) is 13.0. The molecule has 2 aromatic rings. The molecule has 1 amide bonds. The minimum absolute atomic E-state index is 0.123. The standard InChI is InChI=1S/C18H22N2O2/c1-18(22,15-9-5-3-6-10-15)14-19-17(21)13-20(2)16-11-7-4-8-12-16/h3-12,22H,13-14H2,1-2H3,(H,19,21). The van der Waals surface area contributed by atoms with Crippen LogP contribution >= 0.6 is 0 Å². The van der Waals surface area contributed by atoms with E-state index in [4.69, 9.17) is 0 Å². The van der Waals surface area contributed by atoms with E-state index < -0.39 is 5.60 Å². The molecule has 116 valence electrons. The van der Waals surface area contributed by atoms with E-state index in [1.54, 1.807) is 6.92 Å². The van der Waals surface area contributed by atoms with Crippen LogP contribution in [0.2, 0.25) is 0 Å². The minimum Gasteiger partial charge on any atom is -0.384 e. The summed E-state index contributed by atoms with van der Waals surface area (Å²) in [5.41, 5.74) is 0.682. The maximum absolute atomic E-state index is 12.0. The summed E-state index contributed by atoms with van der Waals surface area (Å²) in [6.07, 6.45) is 0. The number of anilines is 1. The van der Waals surface area contributed by atoms with Crippen molar-refractivity contribution in [3.8, 4) is 0 Å². The molecular formula is C18H22N2O2. The van der Waals surface area contributed by atoms with Crippen molar-refractivity contribution in [2.75, 3.05) is 25.0 Å². The molecular weight excluding hydrogens is 276 g/mol. The molecule has 1 unspecified atom stereocenters. The third-order valence-corrected chi connectivity index (χ3v) is 3.60. The third kappa shape index (κ3) is 4.33. The molecule has 4 heteroatoms. The van der Waals surface area contributed by atoms with Crippen LogP contribution in [0.1, 0.15) is 12.5 Å². The van der Waals surface area contributed by atoms with Gasteiger partial charge in [-0.3, -0.25) is 4.79 Å². The first kappa shape index (κ1) is 16.0. The van der Waals surface area contributed by atoms with Gasteiger partial charge in [0.2, 0.25) is 5.91 Å². The zero-order valence-electron chi connectivity index (χ0n) is 13.0. The number of carbonyl (C=O) groups is 1. The fourth-order valence-corrected chi connectivity index (χ4v) is 2.22. The summed E-state index contributed by atoms with van der Waals surface area (Å²) in [6, 6.07) is 19.0. The van der Waals surface area contributed by atoms with Crippen molar-refractivity contribution < 1.29 is 9.90 Å². The van der Waals surface area contributed by atoms with E-state index >= 15 is 0 Å². The Morgan fingerprint density at radius 3 is 2.23 bits per heavy atom. The van der Waals surface area contributed by atoms with E-state index in [0.29, 0.717) is 0 Å². The van der Waals surface area contributed by atoms with Crippen molar-refractivity contribution in [2.45, 2.75) is 12.5 Å². The van der Waals surface area contributed by atoms with Crippen molar-refractivity contribution in [1.29, 1.82) is 0 Å². The van der Waals surface area contributed by atoms with E-state index in [0.717, 1.165) is 11.3 Å². The highest BCUT2D eigenvalue weighted by molar-refractivity contribution is 5.81. The maximum Gasteiger partial charge on any atom is 0.239 e. The lowest BCUT2D eigenvalue weighted by atomic mass is 9.96. The highest BCUT2D eigenvalue weighted by atomic mass is 16.3. The molecule has 0 saturated heterocycles. The Balaban J connectivity index is 1.88. The van der Waals surface area contributed by atoms with E-state index in [1.807, 2.05) is 72.6 Å². The SMILES string of the molecule is CN(CC(=O)NCC(C)(O)c1ccccc1)c1ccccc1. The number of benzene rings is 2. The number of rotatable bonds is 6. The van der Waals surface area contributed by atoms with Gasteiger partial charge in [-0.2, -0.15) is 0 Å². The van der Waals surface area contributed by atoms with Gasteiger partial charge in [0.25, 0.3) is 0 Å². The van der Waals surface area contributed by atoms with E-state index in [-0.39, 0.29) is 19.0 Å². The second-order valence-electron chi connectivity index (χ2n) is 5.61. The first-order chi connectivity index (χ1) is 10.5. The molecule has 0 radical (unpaired) electrons. The van der Waals surface area contributed by atoms with Crippen LogP contribution in [-0.2, 0) is 10.4 Å². The fraction of sp³-hybridized carbons (Fsp3) is 0.278. The van der Waals surface area contributed by atoms with Gasteiger partial charge in [-0.25, -0.2) is 0 Å².